The molecule has 0 atom stereocenters. The number of nitrogens with zero attached hydrogens (tertiary/aromatic N) is 2. The summed E-state index contributed by atoms with van der Waals surface area (Å²) < 4.78 is 6.15. The summed E-state index contributed by atoms with van der Waals surface area (Å²) in [5.74, 6) is 0. The molecule has 2 aromatic rings. The molecule has 5 heteroatoms. The van der Waals surface area contributed by atoms with E-state index in [1.54, 1.807) is 24.7 Å². The highest BCUT2D eigenvalue weighted by Gasteiger charge is 2.03. The standard InChI is InChI=1S/C10H10N2O3/c13-5-4-12-10(14)2-1-9(11-12)8-3-6-15-7-8/h1-3,6-7,13H,4-5H2. The number of hydrogen-bond donors (Lipinski definition) is 1. The van der Waals surface area contributed by atoms with E-state index >= 15 is 0 Å². The van der Waals surface area contributed by atoms with Gasteiger partial charge in [-0.15, -0.1) is 0 Å². The molecule has 78 valence electrons. The summed E-state index contributed by atoms with van der Waals surface area (Å²) in [6, 6.07) is 4.81. The van der Waals surface area contributed by atoms with Gasteiger partial charge in [0, 0.05) is 11.6 Å². The molecule has 0 saturated heterocycles. The minimum absolute atomic E-state index is 0.109. The molecule has 2 heterocycles. The van der Waals surface area contributed by atoms with Crippen LogP contribution in [-0.2, 0) is 6.54 Å². The van der Waals surface area contributed by atoms with Crippen molar-refractivity contribution in [1.82, 2.24) is 9.78 Å². The van der Waals surface area contributed by atoms with E-state index in [1.807, 2.05) is 0 Å². The van der Waals surface area contributed by atoms with Gasteiger partial charge in [0.25, 0.3) is 5.56 Å². The number of aliphatic hydroxyl groups excluding tert-OH is 1. The number of furan rings is 1. The molecule has 1 N–H and O–H groups in total. The van der Waals surface area contributed by atoms with Crippen molar-refractivity contribution >= 4 is 0 Å². The summed E-state index contributed by atoms with van der Waals surface area (Å²) in [4.78, 5) is 11.3. The van der Waals surface area contributed by atoms with Crippen LogP contribution in [0.15, 0.2) is 39.9 Å². The van der Waals surface area contributed by atoms with Crippen LogP contribution in [0.5, 0.6) is 0 Å². The summed E-state index contributed by atoms with van der Waals surface area (Å²) >= 11 is 0. The van der Waals surface area contributed by atoms with Crippen molar-refractivity contribution in [3.63, 3.8) is 0 Å². The maximum Gasteiger partial charge on any atom is 0.266 e. The molecule has 0 aliphatic rings. The van der Waals surface area contributed by atoms with Crippen LogP contribution in [-0.4, -0.2) is 21.5 Å². The average molecular weight is 206 g/mol. The van der Waals surface area contributed by atoms with E-state index in [0.29, 0.717) is 5.69 Å². The molecule has 0 fully saturated rings. The first-order valence-corrected chi connectivity index (χ1v) is 4.53. The van der Waals surface area contributed by atoms with Gasteiger partial charge in [-0.1, -0.05) is 0 Å². The second-order valence-electron chi connectivity index (χ2n) is 3.02. The maximum atomic E-state index is 11.3. The Bertz CT molecular complexity index is 488. The maximum absolute atomic E-state index is 11.3. The zero-order chi connectivity index (χ0) is 10.7. The Morgan fingerprint density at radius 3 is 2.93 bits per heavy atom. The van der Waals surface area contributed by atoms with Crippen molar-refractivity contribution in [2.24, 2.45) is 0 Å². The SMILES string of the molecule is O=c1ccc(-c2ccoc2)nn1CCO. The minimum atomic E-state index is -0.226. The summed E-state index contributed by atoms with van der Waals surface area (Å²) in [6.07, 6.45) is 3.09. The van der Waals surface area contributed by atoms with Crippen LogP contribution in [0.4, 0.5) is 0 Å². The lowest BCUT2D eigenvalue weighted by Crippen LogP contribution is -2.23. The fourth-order valence-corrected chi connectivity index (χ4v) is 1.27. The molecule has 0 amide bonds. The van der Waals surface area contributed by atoms with Crippen molar-refractivity contribution in [2.45, 2.75) is 6.54 Å². The summed E-state index contributed by atoms with van der Waals surface area (Å²) in [5, 5.41) is 12.8. The average Bonchev–Trinajstić information content (AvgIpc) is 2.75. The minimum Gasteiger partial charge on any atom is -0.472 e. The van der Waals surface area contributed by atoms with Gasteiger partial charge in [-0.3, -0.25) is 4.79 Å². The monoisotopic (exact) mass is 206 g/mol. The molecule has 0 unspecified atom stereocenters. The zero-order valence-corrected chi connectivity index (χ0v) is 7.96. The van der Waals surface area contributed by atoms with E-state index in [9.17, 15) is 4.79 Å². The smallest absolute Gasteiger partial charge is 0.266 e. The molecular formula is C10H10N2O3. The highest BCUT2D eigenvalue weighted by atomic mass is 16.3. The Morgan fingerprint density at radius 1 is 1.40 bits per heavy atom. The van der Waals surface area contributed by atoms with Crippen LogP contribution in [0.1, 0.15) is 0 Å². The topological polar surface area (TPSA) is 68.3 Å². The van der Waals surface area contributed by atoms with Gasteiger partial charge >= 0.3 is 0 Å². The van der Waals surface area contributed by atoms with Crippen molar-refractivity contribution in [3.05, 3.63) is 41.1 Å². The molecule has 0 radical (unpaired) electrons. The summed E-state index contributed by atoms with van der Waals surface area (Å²) in [5.41, 5.74) is 1.23. The van der Waals surface area contributed by atoms with Crippen LogP contribution in [0.3, 0.4) is 0 Å². The number of aliphatic hydroxyl groups is 1. The van der Waals surface area contributed by atoms with E-state index < -0.39 is 0 Å². The molecule has 0 saturated carbocycles. The third-order valence-corrected chi connectivity index (χ3v) is 2.00. The fraction of sp³-hybridized carbons (Fsp3) is 0.200. The molecular weight excluding hydrogens is 196 g/mol. The Morgan fingerprint density at radius 2 is 2.27 bits per heavy atom. The highest BCUT2D eigenvalue weighted by Crippen LogP contribution is 2.14. The van der Waals surface area contributed by atoms with Crippen LogP contribution in [0.25, 0.3) is 11.3 Å². The van der Waals surface area contributed by atoms with Crippen LogP contribution in [0.2, 0.25) is 0 Å². The molecule has 0 bridgehead atoms. The first kappa shape index (κ1) is 9.67. The molecule has 0 aliphatic heterocycles. The molecule has 0 aliphatic carbocycles. The van der Waals surface area contributed by atoms with Gasteiger partial charge in [-0.05, 0) is 12.1 Å². The molecule has 0 aromatic carbocycles. The molecule has 0 spiro atoms. The lowest BCUT2D eigenvalue weighted by molar-refractivity contribution is 0.266. The number of rotatable bonds is 3. The summed E-state index contributed by atoms with van der Waals surface area (Å²) in [6.45, 7) is 0.0896. The quantitative estimate of drug-likeness (QED) is 0.793. The predicted molar refractivity (Wildman–Crippen MR) is 53.3 cm³/mol. The second-order valence-corrected chi connectivity index (χ2v) is 3.02. The van der Waals surface area contributed by atoms with Crippen LogP contribution in [0, 0.1) is 0 Å². The number of aromatic nitrogens is 2. The zero-order valence-electron chi connectivity index (χ0n) is 7.96. The Balaban J connectivity index is 2.43. The van der Waals surface area contributed by atoms with Crippen molar-refractivity contribution in [3.8, 4) is 11.3 Å². The van der Waals surface area contributed by atoms with Gasteiger partial charge in [0.1, 0.15) is 0 Å². The van der Waals surface area contributed by atoms with Crippen LogP contribution < -0.4 is 5.56 Å². The van der Waals surface area contributed by atoms with Gasteiger partial charge in [-0.2, -0.15) is 5.10 Å². The van der Waals surface area contributed by atoms with Crippen molar-refractivity contribution in [1.29, 1.82) is 0 Å². The van der Waals surface area contributed by atoms with E-state index in [2.05, 4.69) is 5.10 Å². The van der Waals surface area contributed by atoms with Gasteiger partial charge in [0.15, 0.2) is 0 Å². The van der Waals surface area contributed by atoms with Gasteiger partial charge in [0.2, 0.25) is 0 Å². The Kier molecular flexibility index (Phi) is 2.64. The lowest BCUT2D eigenvalue weighted by Gasteiger charge is -2.03. The normalized spacial score (nSPS) is 10.5. The molecule has 15 heavy (non-hydrogen) atoms. The third kappa shape index (κ3) is 1.97. The van der Waals surface area contributed by atoms with Gasteiger partial charge in [0.05, 0.1) is 31.4 Å². The summed E-state index contributed by atoms with van der Waals surface area (Å²) in [7, 11) is 0. The third-order valence-electron chi connectivity index (χ3n) is 2.00. The second kappa shape index (κ2) is 4.10. The first-order chi connectivity index (χ1) is 7.31. The van der Waals surface area contributed by atoms with Crippen molar-refractivity contribution < 1.29 is 9.52 Å². The van der Waals surface area contributed by atoms with E-state index in [-0.39, 0.29) is 18.7 Å². The van der Waals surface area contributed by atoms with Crippen molar-refractivity contribution in [2.75, 3.05) is 6.61 Å². The largest absolute Gasteiger partial charge is 0.472 e. The molecule has 2 aromatic heterocycles. The van der Waals surface area contributed by atoms with E-state index in [4.69, 9.17) is 9.52 Å². The lowest BCUT2D eigenvalue weighted by atomic mass is 10.2. The predicted octanol–water partition coefficient (Wildman–Crippen LogP) is 0.496. The Labute approximate surface area is 85.6 Å². The van der Waals surface area contributed by atoms with Gasteiger partial charge in [-0.25, -0.2) is 4.68 Å². The molecule has 5 nitrogen and oxygen atoms in total. The van der Waals surface area contributed by atoms with E-state index in [0.717, 1.165) is 5.56 Å². The Hall–Kier alpha value is -1.88. The first-order valence-electron chi connectivity index (χ1n) is 4.53. The van der Waals surface area contributed by atoms with Gasteiger partial charge < -0.3 is 9.52 Å². The highest BCUT2D eigenvalue weighted by molar-refractivity contribution is 5.55. The molecule has 2 rings (SSSR count). The fourth-order valence-electron chi connectivity index (χ4n) is 1.27. The number of hydrogen-bond acceptors (Lipinski definition) is 4. The van der Waals surface area contributed by atoms with E-state index in [1.165, 1.54) is 10.7 Å². The van der Waals surface area contributed by atoms with Crippen LogP contribution >= 0.6 is 0 Å².